The van der Waals surface area contributed by atoms with Crippen molar-refractivity contribution in [3.05, 3.63) is 35.5 Å². The minimum Gasteiger partial charge on any atom is -0.477 e. The fourth-order valence-corrected chi connectivity index (χ4v) is 1.93. The number of para-hydroxylation sites is 1. The Bertz CT molecular complexity index is 599. The Balaban J connectivity index is 2.96. The molecule has 0 atom stereocenters. The van der Waals surface area contributed by atoms with Gasteiger partial charge in [-0.05, 0) is 6.07 Å². The van der Waals surface area contributed by atoms with E-state index in [9.17, 15) is 18.0 Å². The van der Waals surface area contributed by atoms with Gasteiger partial charge in [-0.3, -0.25) is 0 Å². The lowest BCUT2D eigenvalue weighted by Gasteiger charge is -2.07. The molecule has 2 rings (SSSR count). The van der Waals surface area contributed by atoms with E-state index in [1.54, 1.807) is 6.07 Å². The van der Waals surface area contributed by atoms with Crippen molar-refractivity contribution in [3.8, 4) is 0 Å². The average molecular weight is 243 g/mol. The Kier molecular flexibility index (Phi) is 2.38. The summed E-state index contributed by atoms with van der Waals surface area (Å²) in [6.07, 6.45) is -4.69. The molecule has 0 spiro atoms. The summed E-state index contributed by atoms with van der Waals surface area (Å²) >= 11 is 0. The lowest BCUT2D eigenvalue weighted by atomic mass is 10.1. The van der Waals surface area contributed by atoms with E-state index < -0.39 is 23.4 Å². The third-order valence-electron chi connectivity index (χ3n) is 2.59. The van der Waals surface area contributed by atoms with Crippen LogP contribution in [-0.2, 0) is 13.2 Å². The van der Waals surface area contributed by atoms with Crippen LogP contribution in [0.2, 0.25) is 0 Å². The Morgan fingerprint density at radius 2 is 1.88 bits per heavy atom. The number of nitrogens with zero attached hydrogens (tertiary/aromatic N) is 1. The number of carboxylic acids is 1. The van der Waals surface area contributed by atoms with Crippen molar-refractivity contribution in [2.75, 3.05) is 0 Å². The summed E-state index contributed by atoms with van der Waals surface area (Å²) in [4.78, 5) is 10.9. The van der Waals surface area contributed by atoms with Gasteiger partial charge in [-0.25, -0.2) is 4.79 Å². The van der Waals surface area contributed by atoms with Gasteiger partial charge < -0.3 is 9.67 Å². The molecule has 0 saturated heterocycles. The van der Waals surface area contributed by atoms with Crippen LogP contribution in [-0.4, -0.2) is 15.6 Å². The topological polar surface area (TPSA) is 42.2 Å². The summed E-state index contributed by atoms with van der Waals surface area (Å²) < 4.78 is 39.7. The van der Waals surface area contributed by atoms with Crippen LogP contribution < -0.4 is 0 Å². The van der Waals surface area contributed by atoms with E-state index in [4.69, 9.17) is 5.11 Å². The van der Waals surface area contributed by atoms with Crippen LogP contribution >= 0.6 is 0 Å². The summed E-state index contributed by atoms with van der Waals surface area (Å²) in [7, 11) is 1.31. The molecule has 6 heteroatoms. The largest absolute Gasteiger partial charge is 0.477 e. The van der Waals surface area contributed by atoms with Crippen molar-refractivity contribution < 1.29 is 23.1 Å². The zero-order valence-corrected chi connectivity index (χ0v) is 8.75. The second-order valence-electron chi connectivity index (χ2n) is 3.60. The number of alkyl halides is 3. The number of hydrogen-bond donors (Lipinski definition) is 1. The number of rotatable bonds is 1. The Morgan fingerprint density at radius 1 is 1.29 bits per heavy atom. The molecule has 0 saturated carbocycles. The van der Waals surface area contributed by atoms with Crippen LogP contribution in [0, 0.1) is 0 Å². The SMILES string of the molecule is Cn1c(C(=O)O)c(C(F)(F)F)c2ccccc21. The maximum absolute atomic E-state index is 12.9. The summed E-state index contributed by atoms with van der Waals surface area (Å²) in [5.74, 6) is -1.59. The molecule has 0 radical (unpaired) electrons. The predicted octanol–water partition coefficient (Wildman–Crippen LogP) is 2.90. The zero-order valence-electron chi connectivity index (χ0n) is 8.75. The number of benzene rings is 1. The van der Waals surface area contributed by atoms with E-state index in [-0.39, 0.29) is 10.9 Å². The molecular weight excluding hydrogens is 235 g/mol. The van der Waals surface area contributed by atoms with Crippen molar-refractivity contribution in [1.82, 2.24) is 4.57 Å². The van der Waals surface area contributed by atoms with Gasteiger partial charge in [-0.2, -0.15) is 13.2 Å². The van der Waals surface area contributed by atoms with E-state index in [0.717, 1.165) is 4.57 Å². The lowest BCUT2D eigenvalue weighted by molar-refractivity contribution is -0.136. The second-order valence-corrected chi connectivity index (χ2v) is 3.60. The van der Waals surface area contributed by atoms with E-state index >= 15 is 0 Å². The van der Waals surface area contributed by atoms with Gasteiger partial charge in [0.25, 0.3) is 0 Å². The lowest BCUT2D eigenvalue weighted by Crippen LogP contribution is -2.14. The number of aromatic carboxylic acids is 1. The van der Waals surface area contributed by atoms with Crippen LogP contribution in [0.4, 0.5) is 13.2 Å². The first-order valence-electron chi connectivity index (χ1n) is 4.72. The number of aromatic nitrogens is 1. The van der Waals surface area contributed by atoms with Gasteiger partial charge in [0.05, 0.1) is 5.56 Å². The van der Waals surface area contributed by atoms with Gasteiger partial charge in [-0.15, -0.1) is 0 Å². The Labute approximate surface area is 94.1 Å². The molecule has 2 aromatic rings. The predicted molar refractivity (Wildman–Crippen MR) is 54.9 cm³/mol. The van der Waals surface area contributed by atoms with E-state index in [2.05, 4.69) is 0 Å². The molecule has 1 aromatic carbocycles. The summed E-state index contributed by atoms with van der Waals surface area (Å²) in [6, 6.07) is 5.74. The van der Waals surface area contributed by atoms with Gasteiger partial charge in [-0.1, -0.05) is 18.2 Å². The molecule has 1 heterocycles. The number of hydrogen-bond acceptors (Lipinski definition) is 1. The van der Waals surface area contributed by atoms with Gasteiger partial charge in [0.1, 0.15) is 5.69 Å². The van der Waals surface area contributed by atoms with Gasteiger partial charge in [0.15, 0.2) is 0 Å². The number of aryl methyl sites for hydroxylation is 1. The third-order valence-corrected chi connectivity index (χ3v) is 2.59. The molecular formula is C11H8F3NO2. The van der Waals surface area contributed by atoms with Crippen molar-refractivity contribution >= 4 is 16.9 Å². The number of carbonyl (C=O) groups is 1. The van der Waals surface area contributed by atoms with Crippen molar-refractivity contribution in [2.45, 2.75) is 6.18 Å². The van der Waals surface area contributed by atoms with Gasteiger partial charge >= 0.3 is 12.1 Å². The van der Waals surface area contributed by atoms with E-state index in [0.29, 0.717) is 0 Å². The monoisotopic (exact) mass is 243 g/mol. The van der Waals surface area contributed by atoms with Crippen molar-refractivity contribution in [2.24, 2.45) is 7.05 Å². The first-order chi connectivity index (χ1) is 7.84. The molecule has 3 nitrogen and oxygen atoms in total. The zero-order chi connectivity index (χ0) is 12.8. The quantitative estimate of drug-likeness (QED) is 0.836. The maximum Gasteiger partial charge on any atom is 0.419 e. The maximum atomic E-state index is 12.9. The van der Waals surface area contributed by atoms with Crippen LogP contribution in [0.25, 0.3) is 10.9 Å². The van der Waals surface area contributed by atoms with Crippen LogP contribution in [0.5, 0.6) is 0 Å². The first kappa shape index (κ1) is 11.5. The highest BCUT2D eigenvalue weighted by Crippen LogP contribution is 2.38. The van der Waals surface area contributed by atoms with Crippen molar-refractivity contribution in [3.63, 3.8) is 0 Å². The summed E-state index contributed by atoms with van der Waals surface area (Å²) in [5, 5.41) is 8.79. The molecule has 0 aliphatic heterocycles. The highest BCUT2D eigenvalue weighted by molar-refractivity contribution is 5.98. The van der Waals surface area contributed by atoms with Crippen LogP contribution in [0.15, 0.2) is 24.3 Å². The van der Waals surface area contributed by atoms with Crippen LogP contribution in [0.3, 0.4) is 0 Å². The molecule has 0 fully saturated rings. The Morgan fingerprint density at radius 3 is 2.41 bits per heavy atom. The summed E-state index contributed by atoms with van der Waals surface area (Å²) in [6.45, 7) is 0. The fourth-order valence-electron chi connectivity index (χ4n) is 1.93. The van der Waals surface area contributed by atoms with E-state index in [1.165, 1.54) is 25.2 Å². The standard InChI is InChI=1S/C11H8F3NO2/c1-15-7-5-3-2-4-6(7)8(11(12,13)14)9(15)10(16)17/h2-5H,1H3,(H,16,17). The highest BCUT2D eigenvalue weighted by Gasteiger charge is 2.40. The van der Waals surface area contributed by atoms with Crippen molar-refractivity contribution in [1.29, 1.82) is 0 Å². The molecule has 0 unspecified atom stereocenters. The number of carboxylic acid groups (broad SMARTS) is 1. The Hall–Kier alpha value is -1.98. The van der Waals surface area contributed by atoms with E-state index in [1.807, 2.05) is 0 Å². The highest BCUT2D eigenvalue weighted by atomic mass is 19.4. The molecule has 0 amide bonds. The molecule has 0 bridgehead atoms. The molecule has 17 heavy (non-hydrogen) atoms. The van der Waals surface area contributed by atoms with Gasteiger partial charge in [0.2, 0.25) is 0 Å². The second kappa shape index (κ2) is 3.51. The third kappa shape index (κ3) is 1.65. The first-order valence-corrected chi connectivity index (χ1v) is 4.72. The van der Waals surface area contributed by atoms with Gasteiger partial charge in [0, 0.05) is 18.0 Å². The molecule has 90 valence electrons. The average Bonchev–Trinajstić information content (AvgIpc) is 2.52. The van der Waals surface area contributed by atoms with Crippen LogP contribution in [0.1, 0.15) is 16.1 Å². The molecule has 1 N–H and O–H groups in total. The molecule has 0 aliphatic rings. The fraction of sp³-hybridized carbons (Fsp3) is 0.182. The smallest absolute Gasteiger partial charge is 0.419 e. The minimum absolute atomic E-state index is 0.0973. The normalized spacial score (nSPS) is 12.0. The number of halogens is 3. The summed E-state index contributed by atoms with van der Waals surface area (Å²) in [5.41, 5.74) is -1.58. The molecule has 0 aliphatic carbocycles. The molecule has 1 aromatic heterocycles. The number of fused-ring (bicyclic) bond motifs is 1. The minimum atomic E-state index is -4.69.